The van der Waals surface area contributed by atoms with Gasteiger partial charge >= 0.3 is 0 Å². The minimum Gasteiger partial charge on any atom is -0.352 e. The molecule has 74 valence electrons. The van der Waals surface area contributed by atoms with E-state index in [9.17, 15) is 4.79 Å². The van der Waals surface area contributed by atoms with Gasteiger partial charge in [0.1, 0.15) is 0 Å². The van der Waals surface area contributed by atoms with Crippen LogP contribution in [0.5, 0.6) is 0 Å². The molecule has 13 heavy (non-hydrogen) atoms. The predicted molar refractivity (Wildman–Crippen MR) is 51.9 cm³/mol. The predicted octanol–water partition coefficient (Wildman–Crippen LogP) is 1.84. The quantitative estimate of drug-likeness (QED) is 0.705. The van der Waals surface area contributed by atoms with Gasteiger partial charge in [-0.15, -0.1) is 0 Å². The monoisotopic (exact) mass is 182 g/mol. The van der Waals surface area contributed by atoms with E-state index in [0.717, 1.165) is 12.8 Å². The van der Waals surface area contributed by atoms with Gasteiger partial charge in [-0.2, -0.15) is 5.26 Å². The third kappa shape index (κ3) is 4.51. The average molecular weight is 182 g/mol. The van der Waals surface area contributed by atoms with E-state index >= 15 is 0 Å². The van der Waals surface area contributed by atoms with Crippen LogP contribution in [0.3, 0.4) is 0 Å². The minimum atomic E-state index is -0.0295. The van der Waals surface area contributed by atoms with Crippen LogP contribution in [0.15, 0.2) is 0 Å². The zero-order valence-electron chi connectivity index (χ0n) is 8.63. The van der Waals surface area contributed by atoms with Gasteiger partial charge in [0, 0.05) is 12.0 Å². The molecule has 3 nitrogen and oxygen atoms in total. The van der Waals surface area contributed by atoms with Crippen molar-refractivity contribution < 1.29 is 4.79 Å². The molecule has 1 N–H and O–H groups in total. The highest BCUT2D eigenvalue weighted by Gasteiger charge is 2.15. The van der Waals surface area contributed by atoms with Crippen LogP contribution in [-0.4, -0.2) is 11.9 Å². The lowest BCUT2D eigenvalue weighted by Crippen LogP contribution is -2.36. The average Bonchev–Trinajstić information content (AvgIpc) is 2.06. The first-order valence-electron chi connectivity index (χ1n) is 4.82. The zero-order valence-corrected chi connectivity index (χ0v) is 8.63. The van der Waals surface area contributed by atoms with E-state index in [4.69, 9.17) is 5.26 Å². The maximum absolute atomic E-state index is 11.5. The molecule has 1 unspecified atom stereocenters. The van der Waals surface area contributed by atoms with Gasteiger partial charge in [0.25, 0.3) is 0 Å². The summed E-state index contributed by atoms with van der Waals surface area (Å²) in [6, 6.07) is 2.00. The Morgan fingerprint density at radius 2 is 2.00 bits per heavy atom. The molecule has 0 heterocycles. The molecule has 0 saturated carbocycles. The number of nitrogens with one attached hydrogen (secondary N) is 1. The smallest absolute Gasteiger partial charge is 0.223 e. The van der Waals surface area contributed by atoms with E-state index < -0.39 is 0 Å². The van der Waals surface area contributed by atoms with Crippen LogP contribution in [-0.2, 0) is 4.79 Å². The SMILES string of the molecule is CCC(CC)C(=O)NC(C)CC#N. The Bertz CT molecular complexity index is 192. The van der Waals surface area contributed by atoms with Gasteiger partial charge in [-0.25, -0.2) is 0 Å². The third-order valence-corrected chi connectivity index (χ3v) is 2.14. The Kier molecular flexibility index (Phi) is 5.96. The molecule has 0 bridgehead atoms. The molecule has 0 aliphatic rings. The Hall–Kier alpha value is -1.04. The molecule has 0 spiro atoms. The van der Waals surface area contributed by atoms with Gasteiger partial charge < -0.3 is 5.32 Å². The Labute approximate surface area is 80.1 Å². The van der Waals surface area contributed by atoms with Crippen LogP contribution in [0, 0.1) is 17.2 Å². The van der Waals surface area contributed by atoms with E-state index in [1.807, 2.05) is 26.8 Å². The second kappa shape index (κ2) is 6.47. The Morgan fingerprint density at radius 3 is 2.38 bits per heavy atom. The fraction of sp³-hybridized carbons (Fsp3) is 0.800. The lowest BCUT2D eigenvalue weighted by Gasteiger charge is -2.15. The molecule has 1 atom stereocenters. The zero-order chi connectivity index (χ0) is 10.3. The van der Waals surface area contributed by atoms with Gasteiger partial charge in [0.15, 0.2) is 0 Å². The fourth-order valence-electron chi connectivity index (χ4n) is 1.21. The normalized spacial score (nSPS) is 12.2. The van der Waals surface area contributed by atoms with Crippen LogP contribution < -0.4 is 5.32 Å². The number of amides is 1. The third-order valence-electron chi connectivity index (χ3n) is 2.14. The number of carbonyl (C=O) groups is 1. The fourth-order valence-corrected chi connectivity index (χ4v) is 1.21. The molecule has 0 aromatic rings. The van der Waals surface area contributed by atoms with E-state index in [2.05, 4.69) is 5.32 Å². The van der Waals surface area contributed by atoms with E-state index in [1.165, 1.54) is 0 Å². The summed E-state index contributed by atoms with van der Waals surface area (Å²) in [7, 11) is 0. The van der Waals surface area contributed by atoms with E-state index in [-0.39, 0.29) is 17.9 Å². The number of hydrogen-bond acceptors (Lipinski definition) is 2. The maximum atomic E-state index is 11.5. The van der Waals surface area contributed by atoms with Gasteiger partial charge in [-0.3, -0.25) is 4.79 Å². The number of carbonyl (C=O) groups excluding carboxylic acids is 1. The lowest BCUT2D eigenvalue weighted by molar-refractivity contribution is -0.125. The Balaban J connectivity index is 3.91. The molecule has 0 aliphatic heterocycles. The summed E-state index contributed by atoms with van der Waals surface area (Å²) in [5.74, 6) is 0.175. The summed E-state index contributed by atoms with van der Waals surface area (Å²) in [6.07, 6.45) is 2.11. The number of nitrogens with zero attached hydrogens (tertiary/aromatic N) is 1. The van der Waals surface area contributed by atoms with Gasteiger partial charge in [0.2, 0.25) is 5.91 Å². The second-order valence-corrected chi connectivity index (χ2v) is 3.29. The molecular formula is C10H18N2O. The summed E-state index contributed by atoms with van der Waals surface area (Å²) in [4.78, 5) is 11.5. The van der Waals surface area contributed by atoms with Crippen molar-refractivity contribution in [3.05, 3.63) is 0 Å². The number of nitriles is 1. The molecular weight excluding hydrogens is 164 g/mol. The summed E-state index contributed by atoms with van der Waals surface area (Å²) >= 11 is 0. The van der Waals surface area contributed by atoms with Crippen LogP contribution in [0.1, 0.15) is 40.0 Å². The maximum Gasteiger partial charge on any atom is 0.223 e. The van der Waals surface area contributed by atoms with Gasteiger partial charge in [-0.05, 0) is 19.8 Å². The van der Waals surface area contributed by atoms with Crippen molar-refractivity contribution in [2.75, 3.05) is 0 Å². The molecule has 0 radical (unpaired) electrons. The van der Waals surface area contributed by atoms with Crippen molar-refractivity contribution in [2.24, 2.45) is 5.92 Å². The van der Waals surface area contributed by atoms with Crippen molar-refractivity contribution in [3.63, 3.8) is 0 Å². The molecule has 0 rings (SSSR count). The number of hydrogen-bond donors (Lipinski definition) is 1. The highest BCUT2D eigenvalue weighted by atomic mass is 16.1. The number of rotatable bonds is 5. The molecule has 0 saturated heterocycles. The first kappa shape index (κ1) is 12.0. The molecule has 3 heteroatoms. The van der Waals surface area contributed by atoms with Crippen LogP contribution in [0.2, 0.25) is 0 Å². The lowest BCUT2D eigenvalue weighted by atomic mass is 10.0. The highest BCUT2D eigenvalue weighted by molar-refractivity contribution is 5.78. The second-order valence-electron chi connectivity index (χ2n) is 3.29. The Morgan fingerprint density at radius 1 is 1.46 bits per heavy atom. The summed E-state index contributed by atoms with van der Waals surface area (Å²) < 4.78 is 0. The van der Waals surface area contributed by atoms with Crippen molar-refractivity contribution >= 4 is 5.91 Å². The molecule has 0 aromatic carbocycles. The molecule has 0 aliphatic carbocycles. The molecule has 1 amide bonds. The summed E-state index contributed by atoms with van der Waals surface area (Å²) in [5, 5.41) is 11.2. The summed E-state index contributed by atoms with van der Waals surface area (Å²) in [5.41, 5.74) is 0. The molecule has 0 aromatic heterocycles. The summed E-state index contributed by atoms with van der Waals surface area (Å²) in [6.45, 7) is 5.86. The minimum absolute atomic E-state index is 0.0295. The van der Waals surface area contributed by atoms with Gasteiger partial charge in [-0.1, -0.05) is 13.8 Å². The van der Waals surface area contributed by atoms with E-state index in [1.54, 1.807) is 0 Å². The van der Waals surface area contributed by atoms with Crippen molar-refractivity contribution in [1.82, 2.24) is 5.32 Å². The standard InChI is InChI=1S/C10H18N2O/c1-4-9(5-2)10(13)12-8(3)6-7-11/h8-9H,4-6H2,1-3H3,(H,12,13). The van der Waals surface area contributed by atoms with Crippen LogP contribution >= 0.6 is 0 Å². The topological polar surface area (TPSA) is 52.9 Å². The first-order chi connectivity index (χ1) is 6.15. The first-order valence-corrected chi connectivity index (χ1v) is 4.82. The highest BCUT2D eigenvalue weighted by Crippen LogP contribution is 2.07. The van der Waals surface area contributed by atoms with E-state index in [0.29, 0.717) is 6.42 Å². The van der Waals surface area contributed by atoms with Crippen molar-refractivity contribution in [2.45, 2.75) is 46.1 Å². The molecule has 0 fully saturated rings. The van der Waals surface area contributed by atoms with Crippen molar-refractivity contribution in [3.8, 4) is 6.07 Å². The van der Waals surface area contributed by atoms with Crippen LogP contribution in [0.25, 0.3) is 0 Å². The van der Waals surface area contributed by atoms with Crippen molar-refractivity contribution in [1.29, 1.82) is 5.26 Å². The largest absolute Gasteiger partial charge is 0.352 e. The van der Waals surface area contributed by atoms with Crippen LogP contribution in [0.4, 0.5) is 0 Å². The van der Waals surface area contributed by atoms with Gasteiger partial charge in [0.05, 0.1) is 12.5 Å².